The Kier molecular flexibility index (Phi) is 6.43. The number of carbonyl (C=O) groups excluding carboxylic acids is 2. The molecule has 1 amide bonds. The van der Waals surface area contributed by atoms with Crippen LogP contribution in [0, 0.1) is 5.92 Å². The molecule has 2 aromatic carbocycles. The fourth-order valence-electron chi connectivity index (χ4n) is 4.10. The molecule has 9 heteroatoms. The zero-order chi connectivity index (χ0) is 25.3. The molecule has 0 saturated heterocycles. The lowest BCUT2D eigenvalue weighted by Gasteiger charge is -2.28. The number of halogens is 3. The van der Waals surface area contributed by atoms with Crippen LogP contribution in [-0.2, 0) is 9.59 Å². The van der Waals surface area contributed by atoms with Crippen molar-refractivity contribution in [3.05, 3.63) is 84.0 Å². The Bertz CT molecular complexity index is 1260. The van der Waals surface area contributed by atoms with E-state index in [9.17, 15) is 27.9 Å². The van der Waals surface area contributed by atoms with Crippen LogP contribution in [0.3, 0.4) is 0 Å². The predicted octanol–water partition coefficient (Wildman–Crippen LogP) is 6.36. The van der Waals surface area contributed by atoms with E-state index < -0.39 is 35.6 Å². The van der Waals surface area contributed by atoms with Crippen LogP contribution in [0.4, 0.5) is 18.9 Å². The Hall–Kier alpha value is -4.01. The minimum atomic E-state index is -5.00. The van der Waals surface area contributed by atoms with E-state index in [1.54, 1.807) is 50.4 Å². The maximum absolute atomic E-state index is 13.2. The number of aliphatic hydroxyl groups is 1. The molecule has 0 spiro atoms. The molecule has 1 N–H and O–H groups in total. The first-order valence-corrected chi connectivity index (χ1v) is 10.8. The molecule has 0 aliphatic carbocycles. The number of benzene rings is 2. The van der Waals surface area contributed by atoms with Crippen LogP contribution >= 0.6 is 0 Å². The third kappa shape index (κ3) is 4.94. The normalized spacial score (nSPS) is 16.3. The summed E-state index contributed by atoms with van der Waals surface area (Å²) >= 11 is 0. The quantitative estimate of drug-likeness (QED) is 0.421. The fourth-order valence-corrected chi connectivity index (χ4v) is 4.10. The van der Waals surface area contributed by atoms with Crippen molar-refractivity contribution < 1.29 is 37.0 Å². The number of furan rings is 1. The van der Waals surface area contributed by atoms with Gasteiger partial charge in [-0.25, -0.2) is 0 Å². The molecule has 1 aliphatic heterocycles. The summed E-state index contributed by atoms with van der Waals surface area (Å²) in [6.07, 6.45) is -1.95. The summed E-state index contributed by atoms with van der Waals surface area (Å²) in [6, 6.07) is 12.3. The molecule has 1 aromatic heterocycles. The molecule has 0 bridgehead atoms. The van der Waals surface area contributed by atoms with Crippen molar-refractivity contribution in [3.63, 3.8) is 0 Å². The Morgan fingerprint density at radius 1 is 1.09 bits per heavy atom. The number of carbonyl (C=O) groups is 2. The number of aliphatic hydroxyl groups excluding tert-OH is 1. The number of anilines is 1. The lowest BCUT2D eigenvalue weighted by molar-refractivity contribution is -0.274. The van der Waals surface area contributed by atoms with E-state index in [0.717, 1.165) is 22.1 Å². The van der Waals surface area contributed by atoms with Crippen molar-refractivity contribution >= 4 is 17.4 Å². The molecule has 1 atom stereocenters. The number of nitrogens with zero attached hydrogens (tertiary/aromatic N) is 1. The molecule has 0 radical (unpaired) electrons. The van der Waals surface area contributed by atoms with E-state index in [1.807, 2.05) is 0 Å². The minimum Gasteiger partial charge on any atom is -0.503 e. The van der Waals surface area contributed by atoms with E-state index >= 15 is 0 Å². The number of ether oxygens (including phenoxy) is 1. The van der Waals surface area contributed by atoms with Gasteiger partial charge in [-0.3, -0.25) is 14.5 Å². The minimum absolute atomic E-state index is 0.00125. The first-order valence-electron chi connectivity index (χ1n) is 10.8. The number of hydrogen-bond acceptors (Lipinski definition) is 5. The molecule has 1 unspecified atom stereocenters. The maximum Gasteiger partial charge on any atom is 0.573 e. The van der Waals surface area contributed by atoms with Crippen LogP contribution in [0.15, 0.2) is 82.9 Å². The highest BCUT2D eigenvalue weighted by Crippen LogP contribution is 2.45. The third-order valence-electron chi connectivity index (χ3n) is 5.54. The van der Waals surface area contributed by atoms with E-state index in [2.05, 4.69) is 4.74 Å². The second-order valence-electron chi connectivity index (χ2n) is 8.51. The van der Waals surface area contributed by atoms with Gasteiger partial charge in [0.2, 0.25) is 0 Å². The summed E-state index contributed by atoms with van der Waals surface area (Å²) in [4.78, 5) is 27.4. The summed E-state index contributed by atoms with van der Waals surface area (Å²) < 4.78 is 48.7. The molecular formula is C26H22F3NO5. The Morgan fingerprint density at radius 2 is 1.77 bits per heavy atom. The van der Waals surface area contributed by atoms with E-state index in [-0.39, 0.29) is 29.2 Å². The topological polar surface area (TPSA) is 80.0 Å². The lowest BCUT2D eigenvalue weighted by Crippen LogP contribution is -2.32. The summed E-state index contributed by atoms with van der Waals surface area (Å²) in [7, 11) is 0. The van der Waals surface area contributed by atoms with E-state index in [1.165, 1.54) is 24.5 Å². The SMILES string of the molecule is CC(C)CC(=O)C1=C(O)C(=O)N(c2ccc(-c3ccoc3)cc2)C1c1ccccc1OC(F)(F)F. The van der Waals surface area contributed by atoms with Gasteiger partial charge >= 0.3 is 6.36 Å². The van der Waals surface area contributed by atoms with Crippen molar-refractivity contribution in [3.8, 4) is 16.9 Å². The zero-order valence-electron chi connectivity index (χ0n) is 18.9. The molecule has 6 nitrogen and oxygen atoms in total. The van der Waals surface area contributed by atoms with Gasteiger partial charge in [-0.15, -0.1) is 13.2 Å². The Labute approximate surface area is 199 Å². The molecular weight excluding hydrogens is 463 g/mol. The van der Waals surface area contributed by atoms with Gasteiger partial charge in [-0.05, 0) is 35.7 Å². The molecule has 35 heavy (non-hydrogen) atoms. The van der Waals surface area contributed by atoms with Gasteiger partial charge in [0, 0.05) is 23.2 Å². The van der Waals surface area contributed by atoms with Crippen LogP contribution in [0.2, 0.25) is 0 Å². The molecule has 4 rings (SSSR count). The van der Waals surface area contributed by atoms with Crippen molar-refractivity contribution in [2.45, 2.75) is 32.7 Å². The van der Waals surface area contributed by atoms with Crippen LogP contribution in [-0.4, -0.2) is 23.2 Å². The average molecular weight is 485 g/mol. The van der Waals surface area contributed by atoms with Crippen molar-refractivity contribution in [2.75, 3.05) is 4.90 Å². The maximum atomic E-state index is 13.2. The molecule has 1 aliphatic rings. The van der Waals surface area contributed by atoms with E-state index in [4.69, 9.17) is 4.42 Å². The number of alkyl halides is 3. The molecule has 2 heterocycles. The highest BCUT2D eigenvalue weighted by atomic mass is 19.4. The summed E-state index contributed by atoms with van der Waals surface area (Å²) in [6.45, 7) is 3.57. The van der Waals surface area contributed by atoms with Gasteiger partial charge in [-0.1, -0.05) is 44.2 Å². The highest BCUT2D eigenvalue weighted by molar-refractivity contribution is 6.16. The van der Waals surface area contributed by atoms with E-state index in [0.29, 0.717) is 0 Å². The number of ketones is 1. The predicted molar refractivity (Wildman–Crippen MR) is 122 cm³/mol. The number of amides is 1. The summed E-state index contributed by atoms with van der Waals surface area (Å²) in [5.74, 6) is -2.89. The number of rotatable bonds is 7. The molecule has 3 aromatic rings. The largest absolute Gasteiger partial charge is 0.573 e. The van der Waals surface area contributed by atoms with Gasteiger partial charge in [0.25, 0.3) is 5.91 Å². The van der Waals surface area contributed by atoms with Gasteiger partial charge in [-0.2, -0.15) is 0 Å². The van der Waals surface area contributed by atoms with Gasteiger partial charge in [0.05, 0.1) is 24.1 Å². The summed E-state index contributed by atoms with van der Waals surface area (Å²) in [5, 5.41) is 10.7. The van der Waals surface area contributed by atoms with Crippen LogP contribution in [0.5, 0.6) is 5.75 Å². The standard InChI is InChI=1S/C26H22F3NO5/c1-15(2)13-20(31)22-23(19-5-3-4-6-21(19)35-26(27,28)29)30(25(33)24(22)32)18-9-7-16(8-10-18)17-11-12-34-14-17/h3-12,14-15,23,32H,13H2,1-2H3. The molecule has 0 saturated carbocycles. The molecule has 182 valence electrons. The monoisotopic (exact) mass is 485 g/mol. The number of para-hydroxylation sites is 1. The Balaban J connectivity index is 1.84. The van der Waals surface area contributed by atoms with Gasteiger partial charge in [0.15, 0.2) is 11.5 Å². The second kappa shape index (κ2) is 9.32. The van der Waals surface area contributed by atoms with Crippen LogP contribution < -0.4 is 9.64 Å². The fraction of sp³-hybridized carbons (Fsp3) is 0.231. The second-order valence-corrected chi connectivity index (χ2v) is 8.51. The van der Waals surface area contributed by atoms with Crippen LogP contribution in [0.25, 0.3) is 11.1 Å². The van der Waals surface area contributed by atoms with Crippen molar-refractivity contribution in [2.24, 2.45) is 5.92 Å². The first kappa shape index (κ1) is 24.1. The number of hydrogen-bond donors (Lipinski definition) is 1. The van der Waals surface area contributed by atoms with Crippen molar-refractivity contribution in [1.82, 2.24) is 0 Å². The Morgan fingerprint density at radius 3 is 2.37 bits per heavy atom. The number of Topliss-reactive ketones (excluding diaryl/α,β-unsaturated/α-hetero) is 1. The average Bonchev–Trinajstić information content (AvgIpc) is 3.40. The van der Waals surface area contributed by atoms with Gasteiger partial charge in [0.1, 0.15) is 5.75 Å². The summed E-state index contributed by atoms with van der Waals surface area (Å²) in [5.41, 5.74) is 1.51. The molecule has 0 fully saturated rings. The first-order chi connectivity index (χ1) is 16.6. The van der Waals surface area contributed by atoms with Gasteiger partial charge < -0.3 is 14.3 Å². The van der Waals surface area contributed by atoms with Crippen LogP contribution in [0.1, 0.15) is 31.9 Å². The highest BCUT2D eigenvalue weighted by Gasteiger charge is 2.46. The smallest absolute Gasteiger partial charge is 0.503 e. The third-order valence-corrected chi connectivity index (χ3v) is 5.54. The lowest BCUT2D eigenvalue weighted by atomic mass is 9.91. The van der Waals surface area contributed by atoms with Crippen molar-refractivity contribution in [1.29, 1.82) is 0 Å². The zero-order valence-corrected chi connectivity index (χ0v) is 18.9.